The zero-order valence-electron chi connectivity index (χ0n) is 21.9. The summed E-state index contributed by atoms with van der Waals surface area (Å²) >= 11 is 0. The number of carbonyl (C=O) groups is 1. The highest BCUT2D eigenvalue weighted by molar-refractivity contribution is 7.92. The molecule has 0 fully saturated rings. The number of benzene rings is 2. The summed E-state index contributed by atoms with van der Waals surface area (Å²) in [5, 5.41) is 2.99. The Hall–Kier alpha value is -3.46. The fraction of sp³-hybridized carbons (Fsp3) is 0.393. The van der Waals surface area contributed by atoms with Gasteiger partial charge in [-0.05, 0) is 60.9 Å². The van der Waals surface area contributed by atoms with Crippen molar-refractivity contribution < 1.29 is 17.9 Å². The van der Waals surface area contributed by atoms with Crippen LogP contribution in [0.15, 0.2) is 53.4 Å². The van der Waals surface area contributed by atoms with Gasteiger partial charge in [0.1, 0.15) is 6.61 Å². The van der Waals surface area contributed by atoms with Crippen molar-refractivity contribution in [3.8, 4) is 17.1 Å². The molecular weight excluding hydrogens is 488 g/mol. The van der Waals surface area contributed by atoms with Crippen molar-refractivity contribution in [2.45, 2.75) is 58.4 Å². The lowest BCUT2D eigenvalue weighted by Gasteiger charge is -2.21. The van der Waals surface area contributed by atoms with E-state index in [2.05, 4.69) is 53.8 Å². The molecule has 2 aromatic carbocycles. The molecule has 2 N–H and O–H groups in total. The summed E-state index contributed by atoms with van der Waals surface area (Å²) in [6.45, 7) is 10.6. The molecule has 4 bridgehead atoms. The molecule has 0 radical (unpaired) electrons. The van der Waals surface area contributed by atoms with Crippen LogP contribution in [-0.2, 0) is 16.4 Å². The van der Waals surface area contributed by atoms with Gasteiger partial charge in [-0.25, -0.2) is 18.1 Å². The third-order valence-corrected chi connectivity index (χ3v) is 7.43. The fourth-order valence-corrected chi connectivity index (χ4v) is 5.54. The number of sulfonamides is 1. The minimum atomic E-state index is -4.06. The zero-order valence-corrected chi connectivity index (χ0v) is 22.7. The first-order chi connectivity index (χ1) is 17.5. The number of nitrogens with one attached hydrogen (secondary N) is 2. The summed E-state index contributed by atoms with van der Waals surface area (Å²) in [6.07, 6.45) is 1.52. The Labute approximate surface area is 218 Å². The molecule has 0 spiro atoms. The van der Waals surface area contributed by atoms with Gasteiger partial charge in [-0.2, -0.15) is 4.98 Å². The van der Waals surface area contributed by atoms with E-state index >= 15 is 0 Å². The van der Waals surface area contributed by atoms with Crippen LogP contribution >= 0.6 is 0 Å². The number of amides is 1. The number of aromatic nitrogens is 2. The van der Waals surface area contributed by atoms with Crippen LogP contribution in [0.25, 0.3) is 11.3 Å². The van der Waals surface area contributed by atoms with Gasteiger partial charge in [-0.3, -0.25) is 4.79 Å². The van der Waals surface area contributed by atoms with Crippen molar-refractivity contribution in [2.75, 3.05) is 11.3 Å². The highest BCUT2D eigenvalue weighted by atomic mass is 32.2. The summed E-state index contributed by atoms with van der Waals surface area (Å²) in [5.41, 5.74) is 3.89. The van der Waals surface area contributed by atoms with Crippen LogP contribution in [0.1, 0.15) is 55.6 Å². The lowest BCUT2D eigenvalue weighted by molar-refractivity contribution is 0.0913. The van der Waals surface area contributed by atoms with Gasteiger partial charge in [0.15, 0.2) is 0 Å². The highest BCUT2D eigenvalue weighted by Gasteiger charge is 2.23. The number of anilines is 1. The van der Waals surface area contributed by atoms with E-state index in [-0.39, 0.29) is 40.8 Å². The molecule has 0 saturated carbocycles. The van der Waals surface area contributed by atoms with Crippen molar-refractivity contribution in [1.29, 1.82) is 0 Å². The van der Waals surface area contributed by atoms with E-state index in [0.717, 1.165) is 23.1 Å². The number of aryl methyl sites for hydroxylation is 1. The Balaban J connectivity index is 1.86. The SMILES string of the molecule is Cc1cccc(CC(C)C)c1-c1cc2nc(n1)NS(=O)(=O)c1cccc(c1)C(=O)N[C@H](CC(C)C)CO2. The maximum atomic E-state index is 13.3. The molecule has 1 aliphatic rings. The van der Waals surface area contributed by atoms with E-state index in [0.29, 0.717) is 24.0 Å². The van der Waals surface area contributed by atoms with Crippen molar-refractivity contribution >= 4 is 21.9 Å². The molecule has 4 rings (SSSR count). The third kappa shape index (κ3) is 6.46. The second kappa shape index (κ2) is 10.9. The van der Waals surface area contributed by atoms with Gasteiger partial charge in [0.05, 0.1) is 16.6 Å². The molecular formula is C28H34N4O4S. The minimum absolute atomic E-state index is 0.0485. The molecule has 0 saturated heterocycles. The Bertz CT molecular complexity index is 1400. The molecule has 1 aliphatic heterocycles. The Morgan fingerprint density at radius 2 is 1.78 bits per heavy atom. The normalized spacial score (nSPS) is 17.2. The second-order valence-electron chi connectivity index (χ2n) is 10.4. The number of hydrogen-bond acceptors (Lipinski definition) is 6. The standard InChI is InChI=1S/C28H34N4O4S/c1-17(2)12-20-9-6-8-19(5)26(20)24-15-25-31-28(30-24)32-37(34,35)23-11-7-10-21(14-23)27(33)29-22(16-36-25)13-18(3)4/h6-11,14-15,17-18,22H,12-13,16H2,1-5H3,(H,29,33)(H,30,31,32)/t22-/m1/s1. The molecule has 1 aromatic heterocycles. The highest BCUT2D eigenvalue weighted by Crippen LogP contribution is 2.31. The average Bonchev–Trinajstić information content (AvgIpc) is 2.81. The lowest BCUT2D eigenvalue weighted by atomic mass is 9.93. The smallest absolute Gasteiger partial charge is 0.264 e. The van der Waals surface area contributed by atoms with Gasteiger partial charge >= 0.3 is 0 Å². The van der Waals surface area contributed by atoms with Crippen molar-refractivity contribution in [2.24, 2.45) is 11.8 Å². The van der Waals surface area contributed by atoms with Crippen LogP contribution in [0.4, 0.5) is 5.95 Å². The molecule has 3 aromatic rings. The van der Waals surface area contributed by atoms with Crippen molar-refractivity contribution in [3.63, 3.8) is 0 Å². The number of hydrogen-bond donors (Lipinski definition) is 2. The summed E-state index contributed by atoms with van der Waals surface area (Å²) in [4.78, 5) is 21.9. The van der Waals surface area contributed by atoms with E-state index in [1.54, 1.807) is 18.2 Å². The molecule has 8 nitrogen and oxygen atoms in total. The molecule has 1 amide bonds. The van der Waals surface area contributed by atoms with E-state index in [1.165, 1.54) is 12.1 Å². The molecule has 196 valence electrons. The summed E-state index contributed by atoms with van der Waals surface area (Å²) in [5.74, 6) is 0.513. The number of rotatable bonds is 5. The number of nitrogens with zero attached hydrogens (tertiary/aromatic N) is 2. The minimum Gasteiger partial charge on any atom is -0.475 e. The molecule has 0 unspecified atom stereocenters. The van der Waals surface area contributed by atoms with Crippen LogP contribution in [0, 0.1) is 18.8 Å². The summed E-state index contributed by atoms with van der Waals surface area (Å²) in [6, 6.07) is 13.5. The largest absolute Gasteiger partial charge is 0.475 e. The van der Waals surface area contributed by atoms with Crippen LogP contribution < -0.4 is 14.8 Å². The predicted molar refractivity (Wildman–Crippen MR) is 144 cm³/mol. The Kier molecular flexibility index (Phi) is 7.82. The van der Waals surface area contributed by atoms with E-state index in [4.69, 9.17) is 4.74 Å². The van der Waals surface area contributed by atoms with Crippen LogP contribution in [0.2, 0.25) is 0 Å². The predicted octanol–water partition coefficient (Wildman–Crippen LogP) is 4.99. The van der Waals surface area contributed by atoms with Crippen molar-refractivity contribution in [1.82, 2.24) is 15.3 Å². The van der Waals surface area contributed by atoms with Crippen LogP contribution in [0.5, 0.6) is 5.88 Å². The monoisotopic (exact) mass is 522 g/mol. The van der Waals surface area contributed by atoms with Crippen LogP contribution in [-0.4, -0.2) is 36.9 Å². The first-order valence-electron chi connectivity index (χ1n) is 12.6. The van der Waals surface area contributed by atoms with Gasteiger partial charge in [0.2, 0.25) is 11.8 Å². The fourth-order valence-electron chi connectivity index (χ4n) is 4.55. The van der Waals surface area contributed by atoms with Crippen molar-refractivity contribution in [3.05, 3.63) is 65.2 Å². The Morgan fingerprint density at radius 1 is 1.03 bits per heavy atom. The van der Waals surface area contributed by atoms with E-state index in [1.807, 2.05) is 19.1 Å². The maximum absolute atomic E-state index is 13.3. The van der Waals surface area contributed by atoms with Gasteiger partial charge in [0, 0.05) is 17.2 Å². The first-order valence-corrected chi connectivity index (χ1v) is 14.0. The number of ether oxygens (including phenoxy) is 1. The molecule has 0 aliphatic carbocycles. The summed E-state index contributed by atoms with van der Waals surface area (Å²) < 4.78 is 35.1. The topological polar surface area (TPSA) is 110 Å². The van der Waals surface area contributed by atoms with E-state index in [9.17, 15) is 13.2 Å². The first kappa shape index (κ1) is 26.6. The molecule has 37 heavy (non-hydrogen) atoms. The zero-order chi connectivity index (χ0) is 26.7. The maximum Gasteiger partial charge on any atom is 0.264 e. The second-order valence-corrected chi connectivity index (χ2v) is 12.0. The van der Waals surface area contributed by atoms with Crippen LogP contribution in [0.3, 0.4) is 0 Å². The molecule has 2 heterocycles. The quantitative estimate of drug-likeness (QED) is 0.489. The number of fused-ring (bicyclic) bond motifs is 4. The number of carbonyl (C=O) groups excluding carboxylic acids is 1. The molecule has 1 atom stereocenters. The van der Waals surface area contributed by atoms with E-state index < -0.39 is 10.0 Å². The third-order valence-electron chi connectivity index (χ3n) is 6.10. The lowest BCUT2D eigenvalue weighted by Crippen LogP contribution is -2.40. The summed E-state index contributed by atoms with van der Waals surface area (Å²) in [7, 11) is -4.06. The van der Waals surface area contributed by atoms with Gasteiger partial charge in [-0.1, -0.05) is 52.0 Å². The van der Waals surface area contributed by atoms with Gasteiger partial charge in [0.25, 0.3) is 15.9 Å². The average molecular weight is 523 g/mol. The van der Waals surface area contributed by atoms with Gasteiger partial charge in [-0.15, -0.1) is 0 Å². The Morgan fingerprint density at radius 3 is 2.51 bits per heavy atom. The van der Waals surface area contributed by atoms with Gasteiger partial charge < -0.3 is 10.1 Å². The molecule has 9 heteroatoms.